The molecule has 0 atom stereocenters. The summed E-state index contributed by atoms with van der Waals surface area (Å²) in [6, 6.07) is 4.18. The Morgan fingerprint density at radius 2 is 1.86 bits per heavy atom. The SMILES string of the molecule is CCOC(=O)C1CCN(C(=O)CN(CC)S(=O)(=O)c2cc(Cl)ccc2Cl)CC1. The van der Waals surface area contributed by atoms with E-state index in [0.29, 0.717) is 32.5 Å². The summed E-state index contributed by atoms with van der Waals surface area (Å²) in [5, 5.41) is 0.289. The summed E-state index contributed by atoms with van der Waals surface area (Å²) in [5.74, 6) is -0.783. The molecule has 0 saturated carbocycles. The molecule has 0 N–H and O–H groups in total. The van der Waals surface area contributed by atoms with Crippen molar-refractivity contribution >= 4 is 45.1 Å². The second kappa shape index (κ2) is 9.91. The molecule has 0 aromatic heterocycles. The van der Waals surface area contributed by atoms with Gasteiger partial charge >= 0.3 is 5.97 Å². The summed E-state index contributed by atoms with van der Waals surface area (Å²) in [6.07, 6.45) is 1.01. The first kappa shape index (κ1) is 22.9. The maximum atomic E-state index is 12.9. The van der Waals surface area contributed by atoms with E-state index in [2.05, 4.69) is 0 Å². The Labute approximate surface area is 175 Å². The number of likely N-dealkylation sites (tertiary alicyclic amines) is 1. The summed E-state index contributed by atoms with van der Waals surface area (Å²) < 4.78 is 31.9. The molecule has 1 saturated heterocycles. The van der Waals surface area contributed by atoms with Crippen LogP contribution in [0.25, 0.3) is 0 Å². The Bertz CT molecular complexity index is 823. The van der Waals surface area contributed by atoms with Gasteiger partial charge in [-0.15, -0.1) is 0 Å². The monoisotopic (exact) mass is 450 g/mol. The molecule has 1 aromatic carbocycles. The number of carbonyl (C=O) groups excluding carboxylic acids is 2. The highest BCUT2D eigenvalue weighted by atomic mass is 35.5. The van der Waals surface area contributed by atoms with Gasteiger partial charge in [0, 0.05) is 24.7 Å². The van der Waals surface area contributed by atoms with Gasteiger partial charge in [-0.05, 0) is 38.0 Å². The third-order valence-corrected chi connectivity index (χ3v) is 7.28. The van der Waals surface area contributed by atoms with Gasteiger partial charge in [-0.25, -0.2) is 8.42 Å². The van der Waals surface area contributed by atoms with Crippen molar-refractivity contribution in [2.45, 2.75) is 31.6 Å². The number of halogens is 2. The fourth-order valence-electron chi connectivity index (χ4n) is 3.06. The lowest BCUT2D eigenvalue weighted by atomic mass is 9.97. The molecule has 1 amide bonds. The predicted octanol–water partition coefficient (Wildman–Crippen LogP) is 2.81. The van der Waals surface area contributed by atoms with Crippen molar-refractivity contribution in [2.75, 3.05) is 32.8 Å². The first-order valence-corrected chi connectivity index (χ1v) is 11.3. The summed E-state index contributed by atoms with van der Waals surface area (Å²) in [7, 11) is -3.97. The van der Waals surface area contributed by atoms with E-state index in [-0.39, 0.29) is 45.8 Å². The van der Waals surface area contributed by atoms with Crippen LogP contribution in [-0.2, 0) is 24.3 Å². The third-order valence-electron chi connectivity index (χ3n) is 4.64. The van der Waals surface area contributed by atoms with Crippen LogP contribution in [0, 0.1) is 5.92 Å². The van der Waals surface area contributed by atoms with Crippen LogP contribution in [0.1, 0.15) is 26.7 Å². The lowest BCUT2D eigenvalue weighted by Crippen LogP contribution is -2.46. The highest BCUT2D eigenvalue weighted by Gasteiger charge is 2.32. The Morgan fingerprint density at radius 1 is 1.21 bits per heavy atom. The molecule has 1 fully saturated rings. The topological polar surface area (TPSA) is 84.0 Å². The molecule has 156 valence electrons. The Hall–Kier alpha value is -1.35. The lowest BCUT2D eigenvalue weighted by Gasteiger charge is -2.32. The fourth-order valence-corrected chi connectivity index (χ4v) is 5.19. The van der Waals surface area contributed by atoms with E-state index in [1.54, 1.807) is 18.7 Å². The zero-order valence-corrected chi connectivity index (χ0v) is 18.2. The number of rotatable bonds is 7. The number of amides is 1. The maximum Gasteiger partial charge on any atom is 0.309 e. The molecule has 2 rings (SSSR count). The van der Waals surface area contributed by atoms with Gasteiger partial charge in [-0.1, -0.05) is 30.1 Å². The largest absolute Gasteiger partial charge is 0.466 e. The van der Waals surface area contributed by atoms with Crippen LogP contribution in [0.4, 0.5) is 0 Å². The van der Waals surface area contributed by atoms with Crippen LogP contribution in [0.3, 0.4) is 0 Å². The van der Waals surface area contributed by atoms with E-state index in [9.17, 15) is 18.0 Å². The van der Waals surface area contributed by atoms with Crippen LogP contribution < -0.4 is 0 Å². The molecule has 0 unspecified atom stereocenters. The van der Waals surface area contributed by atoms with Crippen LogP contribution in [-0.4, -0.2) is 62.3 Å². The minimum Gasteiger partial charge on any atom is -0.466 e. The van der Waals surface area contributed by atoms with E-state index in [4.69, 9.17) is 27.9 Å². The molecule has 1 aliphatic rings. The minimum absolute atomic E-state index is 0.0468. The minimum atomic E-state index is -3.97. The Morgan fingerprint density at radius 3 is 2.43 bits per heavy atom. The quantitative estimate of drug-likeness (QED) is 0.596. The first-order chi connectivity index (χ1) is 13.2. The Kier molecular flexibility index (Phi) is 8.12. The molecule has 28 heavy (non-hydrogen) atoms. The average molecular weight is 451 g/mol. The molecule has 7 nitrogen and oxygen atoms in total. The summed E-state index contributed by atoms with van der Waals surface area (Å²) >= 11 is 11.9. The molecule has 0 aliphatic carbocycles. The van der Waals surface area contributed by atoms with Crippen LogP contribution in [0.5, 0.6) is 0 Å². The number of hydrogen-bond donors (Lipinski definition) is 0. The van der Waals surface area contributed by atoms with Gasteiger partial charge in [0.2, 0.25) is 15.9 Å². The molecule has 1 aliphatic heterocycles. The highest BCUT2D eigenvalue weighted by Crippen LogP contribution is 2.28. The standard InChI is InChI=1S/C18H24Cl2N2O5S/c1-3-22(28(25,26)16-11-14(19)5-6-15(16)20)12-17(23)21-9-7-13(8-10-21)18(24)27-4-2/h5-6,11,13H,3-4,7-10,12H2,1-2H3. The molecule has 1 aromatic rings. The van der Waals surface area contributed by atoms with Gasteiger partial charge in [-0.3, -0.25) is 9.59 Å². The molecular weight excluding hydrogens is 427 g/mol. The van der Waals surface area contributed by atoms with Crippen molar-refractivity contribution in [2.24, 2.45) is 5.92 Å². The number of ether oxygens (including phenoxy) is 1. The zero-order valence-electron chi connectivity index (χ0n) is 15.9. The molecule has 10 heteroatoms. The number of nitrogens with zero attached hydrogens (tertiary/aromatic N) is 2. The molecular formula is C18H24Cl2N2O5S. The predicted molar refractivity (Wildman–Crippen MR) is 107 cm³/mol. The summed E-state index contributed by atoms with van der Waals surface area (Å²) in [6.45, 7) is 4.31. The lowest BCUT2D eigenvalue weighted by molar-refractivity contribution is -0.151. The van der Waals surface area contributed by atoms with Gasteiger partial charge in [0.1, 0.15) is 4.90 Å². The number of hydrogen-bond acceptors (Lipinski definition) is 5. The van der Waals surface area contributed by atoms with E-state index in [1.807, 2.05) is 0 Å². The van der Waals surface area contributed by atoms with E-state index in [1.165, 1.54) is 18.2 Å². The fraction of sp³-hybridized carbons (Fsp3) is 0.556. The summed E-state index contributed by atoms with van der Waals surface area (Å²) in [5.41, 5.74) is 0. The van der Waals surface area contributed by atoms with Crippen LogP contribution in [0.2, 0.25) is 10.0 Å². The molecule has 0 radical (unpaired) electrons. The van der Waals surface area contributed by atoms with Gasteiger partial charge < -0.3 is 9.64 Å². The number of sulfonamides is 1. The smallest absolute Gasteiger partial charge is 0.309 e. The van der Waals surface area contributed by atoms with Crippen molar-refractivity contribution < 1.29 is 22.7 Å². The average Bonchev–Trinajstić information content (AvgIpc) is 2.67. The maximum absolute atomic E-state index is 12.9. The van der Waals surface area contributed by atoms with Gasteiger partial charge in [0.25, 0.3) is 0 Å². The number of carbonyl (C=O) groups is 2. The van der Waals surface area contributed by atoms with Gasteiger partial charge in [0.15, 0.2) is 0 Å². The van der Waals surface area contributed by atoms with E-state index in [0.717, 1.165) is 4.31 Å². The normalized spacial score (nSPS) is 15.7. The van der Waals surface area contributed by atoms with Crippen LogP contribution >= 0.6 is 23.2 Å². The van der Waals surface area contributed by atoms with Crippen molar-refractivity contribution in [1.82, 2.24) is 9.21 Å². The van der Waals surface area contributed by atoms with E-state index < -0.39 is 10.0 Å². The Balaban J connectivity index is 2.05. The number of likely N-dealkylation sites (N-methyl/N-ethyl adjacent to an activating group) is 1. The molecule has 0 spiro atoms. The number of esters is 1. The zero-order chi connectivity index (χ0) is 20.9. The number of benzene rings is 1. The molecule has 1 heterocycles. The van der Waals surface area contributed by atoms with Crippen molar-refractivity contribution in [3.63, 3.8) is 0 Å². The van der Waals surface area contributed by atoms with Crippen LogP contribution in [0.15, 0.2) is 23.1 Å². The van der Waals surface area contributed by atoms with Gasteiger partial charge in [0.05, 0.1) is 24.1 Å². The highest BCUT2D eigenvalue weighted by molar-refractivity contribution is 7.89. The second-order valence-corrected chi connectivity index (χ2v) is 9.16. The van der Waals surface area contributed by atoms with E-state index >= 15 is 0 Å². The first-order valence-electron chi connectivity index (χ1n) is 9.10. The third kappa shape index (κ3) is 5.37. The van der Waals surface area contributed by atoms with Gasteiger partial charge in [-0.2, -0.15) is 4.31 Å². The molecule has 0 bridgehead atoms. The van der Waals surface area contributed by atoms with Crippen molar-refractivity contribution in [3.05, 3.63) is 28.2 Å². The van der Waals surface area contributed by atoms with Crippen molar-refractivity contribution in [1.29, 1.82) is 0 Å². The summed E-state index contributed by atoms with van der Waals surface area (Å²) in [4.78, 5) is 25.9. The second-order valence-electron chi connectivity index (χ2n) is 6.41. The number of piperidine rings is 1. The van der Waals surface area contributed by atoms with Crippen molar-refractivity contribution in [3.8, 4) is 0 Å².